The number of amides is 1. The number of nitrogens with one attached hydrogen (secondary N) is 1. The van der Waals surface area contributed by atoms with E-state index in [4.69, 9.17) is 5.73 Å². The summed E-state index contributed by atoms with van der Waals surface area (Å²) in [5, 5.41) is 3.02. The van der Waals surface area contributed by atoms with Crippen LogP contribution in [0.3, 0.4) is 0 Å². The van der Waals surface area contributed by atoms with Gasteiger partial charge in [0.2, 0.25) is 0 Å². The molecule has 0 bridgehead atoms. The summed E-state index contributed by atoms with van der Waals surface area (Å²) >= 11 is 1.36. The summed E-state index contributed by atoms with van der Waals surface area (Å²) in [6.07, 6.45) is 7.15. The summed E-state index contributed by atoms with van der Waals surface area (Å²) in [6.45, 7) is 0. The highest BCUT2D eigenvalue weighted by molar-refractivity contribution is 7.11. The maximum absolute atomic E-state index is 11.8. The normalized spacial score (nSPS) is 26.1. The van der Waals surface area contributed by atoms with Crippen molar-refractivity contribution in [3.8, 4) is 0 Å². The number of hydrogen-bond donors (Lipinski definition) is 2. The summed E-state index contributed by atoms with van der Waals surface area (Å²) in [7, 11) is 0. The number of carbonyl (C=O) groups is 1. The molecule has 4 nitrogen and oxygen atoms in total. The van der Waals surface area contributed by atoms with Gasteiger partial charge < -0.3 is 11.1 Å². The summed E-state index contributed by atoms with van der Waals surface area (Å²) in [5.74, 6) is -0.0372. The van der Waals surface area contributed by atoms with Crippen LogP contribution in [-0.4, -0.2) is 23.0 Å². The lowest BCUT2D eigenvalue weighted by Crippen LogP contribution is -2.46. The van der Waals surface area contributed by atoms with Crippen LogP contribution in [0, 0.1) is 0 Å². The van der Waals surface area contributed by atoms with Crippen molar-refractivity contribution in [2.24, 2.45) is 5.73 Å². The van der Waals surface area contributed by atoms with Crippen molar-refractivity contribution in [1.82, 2.24) is 10.3 Å². The van der Waals surface area contributed by atoms with E-state index in [1.54, 1.807) is 11.7 Å². The molecule has 1 aromatic rings. The molecule has 1 aromatic heterocycles. The van der Waals surface area contributed by atoms with E-state index in [0.717, 1.165) is 19.3 Å². The lowest BCUT2D eigenvalue weighted by molar-refractivity contribution is 0.0933. The molecule has 0 aliphatic heterocycles. The van der Waals surface area contributed by atoms with Gasteiger partial charge >= 0.3 is 0 Å². The maximum Gasteiger partial charge on any atom is 0.263 e. The van der Waals surface area contributed by atoms with Crippen molar-refractivity contribution in [1.29, 1.82) is 0 Å². The smallest absolute Gasteiger partial charge is 0.263 e. The molecule has 2 rings (SSSR count). The largest absolute Gasteiger partial charge is 0.347 e. The van der Waals surface area contributed by atoms with Gasteiger partial charge in [0.25, 0.3) is 5.91 Å². The van der Waals surface area contributed by atoms with Crippen molar-refractivity contribution >= 4 is 17.2 Å². The Morgan fingerprint density at radius 1 is 1.44 bits per heavy atom. The van der Waals surface area contributed by atoms with Crippen molar-refractivity contribution in [2.75, 3.05) is 0 Å². The second-order valence-electron chi connectivity index (χ2n) is 4.25. The molecule has 1 heterocycles. The Bertz CT molecular complexity index is 339. The predicted molar refractivity (Wildman–Crippen MR) is 64.4 cm³/mol. The van der Waals surface area contributed by atoms with Crippen LogP contribution >= 0.6 is 11.3 Å². The van der Waals surface area contributed by atoms with Crippen molar-refractivity contribution in [3.05, 3.63) is 16.6 Å². The molecule has 1 aliphatic carbocycles. The molecular formula is C11H17N3OS. The Morgan fingerprint density at radius 3 is 3.00 bits per heavy atom. The lowest BCUT2D eigenvalue weighted by atomic mass is 10.0. The maximum atomic E-state index is 11.8. The van der Waals surface area contributed by atoms with Crippen molar-refractivity contribution < 1.29 is 4.79 Å². The van der Waals surface area contributed by atoms with Gasteiger partial charge in [-0.15, -0.1) is 11.3 Å². The molecule has 2 unspecified atom stereocenters. The average Bonchev–Trinajstić information content (AvgIpc) is 2.73. The fraction of sp³-hybridized carbons (Fsp3) is 0.636. The highest BCUT2D eigenvalue weighted by Crippen LogP contribution is 2.17. The predicted octanol–water partition coefficient (Wildman–Crippen LogP) is 1.53. The molecule has 1 aliphatic rings. The minimum absolute atomic E-state index is 0.0372. The molecule has 0 aromatic carbocycles. The minimum atomic E-state index is -0.0372. The number of aromatic nitrogens is 1. The van der Waals surface area contributed by atoms with Gasteiger partial charge in [0, 0.05) is 12.1 Å². The summed E-state index contributed by atoms with van der Waals surface area (Å²) in [5.41, 5.74) is 7.72. The van der Waals surface area contributed by atoms with Gasteiger partial charge in [-0.05, 0) is 12.8 Å². The van der Waals surface area contributed by atoms with Gasteiger partial charge in [-0.1, -0.05) is 19.3 Å². The number of rotatable bonds is 2. The van der Waals surface area contributed by atoms with Gasteiger partial charge in [-0.2, -0.15) is 0 Å². The zero-order chi connectivity index (χ0) is 11.4. The first kappa shape index (κ1) is 11.5. The number of nitrogens with two attached hydrogens (primary N) is 1. The quantitative estimate of drug-likeness (QED) is 0.769. The highest BCUT2D eigenvalue weighted by atomic mass is 32.1. The molecule has 1 fully saturated rings. The Hall–Kier alpha value is -0.940. The van der Waals surface area contributed by atoms with E-state index in [0.29, 0.717) is 4.88 Å². The zero-order valence-electron chi connectivity index (χ0n) is 9.19. The second-order valence-corrected chi connectivity index (χ2v) is 5.13. The Labute approximate surface area is 99.3 Å². The van der Waals surface area contributed by atoms with E-state index in [9.17, 15) is 4.79 Å². The topological polar surface area (TPSA) is 68.0 Å². The Kier molecular flexibility index (Phi) is 3.90. The van der Waals surface area contributed by atoms with Gasteiger partial charge in [-0.25, -0.2) is 0 Å². The summed E-state index contributed by atoms with van der Waals surface area (Å²) in [4.78, 5) is 16.4. The van der Waals surface area contributed by atoms with E-state index in [2.05, 4.69) is 10.3 Å². The standard InChI is InChI=1S/C11H17N3OS/c12-8-4-2-1-3-5-9(8)14-11(15)10-6-13-7-16-10/h6-9H,1-5,12H2,(H,14,15). The van der Waals surface area contributed by atoms with E-state index >= 15 is 0 Å². The first-order valence-corrected chi connectivity index (χ1v) is 6.60. The first-order chi connectivity index (χ1) is 7.77. The van der Waals surface area contributed by atoms with E-state index in [-0.39, 0.29) is 18.0 Å². The third-order valence-corrected chi connectivity index (χ3v) is 3.81. The molecule has 2 atom stereocenters. The van der Waals surface area contributed by atoms with Crippen LogP contribution in [0.25, 0.3) is 0 Å². The van der Waals surface area contributed by atoms with Gasteiger partial charge in [0.1, 0.15) is 4.88 Å². The van der Waals surface area contributed by atoms with Gasteiger partial charge in [-0.3, -0.25) is 9.78 Å². The van der Waals surface area contributed by atoms with Crippen LogP contribution in [0.15, 0.2) is 11.7 Å². The number of hydrogen-bond acceptors (Lipinski definition) is 4. The van der Waals surface area contributed by atoms with Crippen LogP contribution in [0.5, 0.6) is 0 Å². The van der Waals surface area contributed by atoms with Crippen LogP contribution in [0.4, 0.5) is 0 Å². The lowest BCUT2D eigenvalue weighted by Gasteiger charge is -2.22. The van der Waals surface area contributed by atoms with Crippen LogP contribution < -0.4 is 11.1 Å². The van der Waals surface area contributed by atoms with Crippen LogP contribution in [0.2, 0.25) is 0 Å². The third kappa shape index (κ3) is 2.80. The number of carbonyl (C=O) groups excluding carboxylic acids is 1. The third-order valence-electron chi connectivity index (χ3n) is 3.04. The van der Waals surface area contributed by atoms with Crippen LogP contribution in [-0.2, 0) is 0 Å². The molecular weight excluding hydrogens is 222 g/mol. The zero-order valence-corrected chi connectivity index (χ0v) is 10.0. The molecule has 0 spiro atoms. The highest BCUT2D eigenvalue weighted by Gasteiger charge is 2.22. The molecule has 5 heteroatoms. The molecule has 88 valence electrons. The van der Waals surface area contributed by atoms with Gasteiger partial charge in [0.15, 0.2) is 0 Å². The van der Waals surface area contributed by atoms with E-state index < -0.39 is 0 Å². The molecule has 0 saturated heterocycles. The van der Waals surface area contributed by atoms with Crippen molar-refractivity contribution in [2.45, 2.75) is 44.2 Å². The molecule has 0 radical (unpaired) electrons. The number of thiazole rings is 1. The van der Waals surface area contributed by atoms with Crippen molar-refractivity contribution in [3.63, 3.8) is 0 Å². The molecule has 1 amide bonds. The monoisotopic (exact) mass is 239 g/mol. The molecule has 16 heavy (non-hydrogen) atoms. The fourth-order valence-electron chi connectivity index (χ4n) is 2.08. The van der Waals surface area contributed by atoms with Gasteiger partial charge in [0.05, 0.1) is 11.7 Å². The molecule has 3 N–H and O–H groups in total. The molecule has 1 saturated carbocycles. The van der Waals surface area contributed by atoms with E-state index in [1.165, 1.54) is 24.2 Å². The number of nitrogens with zero attached hydrogens (tertiary/aromatic N) is 1. The minimum Gasteiger partial charge on any atom is -0.347 e. The Balaban J connectivity index is 1.95. The average molecular weight is 239 g/mol. The SMILES string of the molecule is NC1CCCCCC1NC(=O)c1cncs1. The first-order valence-electron chi connectivity index (χ1n) is 5.72. The summed E-state index contributed by atoms with van der Waals surface area (Å²) in [6, 6.07) is 0.219. The van der Waals surface area contributed by atoms with Crippen LogP contribution in [0.1, 0.15) is 41.8 Å². The fourth-order valence-corrected chi connectivity index (χ4v) is 2.61. The Morgan fingerprint density at radius 2 is 2.25 bits per heavy atom. The summed E-state index contributed by atoms with van der Waals surface area (Å²) < 4.78 is 0. The second kappa shape index (κ2) is 5.41. The van der Waals surface area contributed by atoms with E-state index in [1.807, 2.05) is 0 Å².